The molecule has 23 heavy (non-hydrogen) atoms. The Bertz CT molecular complexity index is 714. The molecule has 0 spiro atoms. The number of aromatic nitrogens is 2. The zero-order valence-corrected chi connectivity index (χ0v) is 14.2. The Morgan fingerprint density at radius 3 is 2.83 bits per heavy atom. The molecule has 2 aromatic rings. The van der Waals surface area contributed by atoms with E-state index in [9.17, 15) is 9.90 Å². The Balaban J connectivity index is 1.67. The summed E-state index contributed by atoms with van der Waals surface area (Å²) >= 11 is 1.44. The number of benzene rings is 1. The summed E-state index contributed by atoms with van der Waals surface area (Å²) in [7, 11) is 1.86. The standard InChI is InChI=1S/C17H21N3O2S/c1-12(23-17-18-9-15(11-21)19(17)2)16(22)20-8-7-13-5-3-4-6-14(13)10-20/h3-6,9,12,21H,7-8,10-11H2,1-2H3. The first-order valence-corrected chi connectivity index (χ1v) is 8.61. The molecule has 1 amide bonds. The monoisotopic (exact) mass is 331 g/mol. The molecule has 1 aliphatic rings. The smallest absolute Gasteiger partial charge is 0.236 e. The van der Waals surface area contributed by atoms with E-state index in [2.05, 4.69) is 23.2 Å². The largest absolute Gasteiger partial charge is 0.390 e. The second-order valence-corrected chi connectivity index (χ2v) is 7.10. The van der Waals surface area contributed by atoms with Gasteiger partial charge in [0.2, 0.25) is 5.91 Å². The van der Waals surface area contributed by atoms with E-state index in [1.807, 2.05) is 29.5 Å². The molecule has 0 saturated carbocycles. The van der Waals surface area contributed by atoms with E-state index in [0.717, 1.165) is 23.8 Å². The maximum Gasteiger partial charge on any atom is 0.236 e. The van der Waals surface area contributed by atoms with Crippen molar-refractivity contribution < 1.29 is 9.90 Å². The number of aliphatic hydroxyl groups excluding tert-OH is 1. The van der Waals surface area contributed by atoms with Gasteiger partial charge in [-0.15, -0.1) is 0 Å². The number of aliphatic hydroxyl groups is 1. The van der Waals surface area contributed by atoms with Crippen LogP contribution in [-0.2, 0) is 31.4 Å². The van der Waals surface area contributed by atoms with Gasteiger partial charge in [0.25, 0.3) is 0 Å². The molecule has 3 rings (SSSR count). The topological polar surface area (TPSA) is 58.4 Å². The van der Waals surface area contributed by atoms with Crippen molar-refractivity contribution in [2.24, 2.45) is 7.05 Å². The molecule has 0 saturated heterocycles. The van der Waals surface area contributed by atoms with Crippen LogP contribution < -0.4 is 0 Å². The lowest BCUT2D eigenvalue weighted by Gasteiger charge is -2.30. The number of rotatable bonds is 4. The molecule has 1 aromatic heterocycles. The van der Waals surface area contributed by atoms with E-state index in [-0.39, 0.29) is 17.8 Å². The zero-order valence-electron chi connectivity index (χ0n) is 13.4. The minimum atomic E-state index is -0.201. The fraction of sp³-hybridized carbons (Fsp3) is 0.412. The van der Waals surface area contributed by atoms with E-state index < -0.39 is 0 Å². The highest BCUT2D eigenvalue weighted by Crippen LogP contribution is 2.26. The molecule has 6 heteroatoms. The first kappa shape index (κ1) is 16.1. The Hall–Kier alpha value is -1.79. The minimum Gasteiger partial charge on any atom is -0.390 e. The van der Waals surface area contributed by atoms with E-state index >= 15 is 0 Å². The van der Waals surface area contributed by atoms with E-state index in [1.54, 1.807) is 6.20 Å². The Kier molecular flexibility index (Phi) is 4.73. The summed E-state index contributed by atoms with van der Waals surface area (Å²) in [4.78, 5) is 18.9. The quantitative estimate of drug-likeness (QED) is 0.871. The Labute approximate surface area is 140 Å². The average Bonchev–Trinajstić information content (AvgIpc) is 2.93. The number of fused-ring (bicyclic) bond motifs is 1. The van der Waals surface area contributed by atoms with Crippen LogP contribution in [0, 0.1) is 0 Å². The predicted molar refractivity (Wildman–Crippen MR) is 90.0 cm³/mol. The van der Waals surface area contributed by atoms with Gasteiger partial charge >= 0.3 is 0 Å². The van der Waals surface area contributed by atoms with Crippen molar-refractivity contribution >= 4 is 17.7 Å². The highest BCUT2D eigenvalue weighted by atomic mass is 32.2. The van der Waals surface area contributed by atoms with Crippen molar-refractivity contribution in [3.8, 4) is 0 Å². The van der Waals surface area contributed by atoms with E-state index in [0.29, 0.717) is 6.54 Å². The number of amides is 1. The molecular formula is C17H21N3O2S. The molecule has 122 valence electrons. The predicted octanol–water partition coefficient (Wildman–Crippen LogP) is 1.98. The summed E-state index contributed by atoms with van der Waals surface area (Å²) in [6.07, 6.45) is 2.56. The lowest BCUT2D eigenvalue weighted by molar-refractivity contribution is -0.131. The molecule has 1 atom stereocenters. The van der Waals surface area contributed by atoms with Gasteiger partial charge in [-0.1, -0.05) is 36.0 Å². The molecule has 5 nitrogen and oxygen atoms in total. The van der Waals surface area contributed by atoms with Gasteiger partial charge in [-0.2, -0.15) is 0 Å². The summed E-state index contributed by atoms with van der Waals surface area (Å²) < 4.78 is 1.83. The van der Waals surface area contributed by atoms with Crippen LogP contribution in [0.15, 0.2) is 35.6 Å². The van der Waals surface area contributed by atoms with Crippen molar-refractivity contribution in [2.45, 2.75) is 36.9 Å². The van der Waals surface area contributed by atoms with Crippen molar-refractivity contribution in [1.82, 2.24) is 14.5 Å². The minimum absolute atomic E-state index is 0.0463. The highest BCUT2D eigenvalue weighted by molar-refractivity contribution is 8.00. The molecule has 1 aromatic carbocycles. The van der Waals surface area contributed by atoms with Gasteiger partial charge in [-0.25, -0.2) is 4.98 Å². The number of carbonyl (C=O) groups is 1. The lowest BCUT2D eigenvalue weighted by Crippen LogP contribution is -2.40. The van der Waals surface area contributed by atoms with Gasteiger partial charge in [-0.3, -0.25) is 4.79 Å². The van der Waals surface area contributed by atoms with Crippen LogP contribution in [0.2, 0.25) is 0 Å². The SMILES string of the molecule is CC(Sc1ncc(CO)n1C)C(=O)N1CCc2ccccc2C1. The first-order valence-electron chi connectivity index (χ1n) is 7.74. The average molecular weight is 331 g/mol. The van der Waals surface area contributed by atoms with E-state index in [4.69, 9.17) is 0 Å². The molecule has 0 aliphatic carbocycles. The van der Waals surface area contributed by atoms with Gasteiger partial charge in [-0.05, 0) is 24.5 Å². The number of nitrogens with zero attached hydrogens (tertiary/aromatic N) is 3. The van der Waals surface area contributed by atoms with Crippen molar-refractivity contribution in [3.05, 3.63) is 47.3 Å². The summed E-state index contributed by atoms with van der Waals surface area (Å²) in [5, 5.41) is 9.78. The molecule has 1 N–H and O–H groups in total. The second-order valence-electron chi connectivity index (χ2n) is 5.79. The third kappa shape index (κ3) is 3.28. The fourth-order valence-electron chi connectivity index (χ4n) is 2.83. The highest BCUT2D eigenvalue weighted by Gasteiger charge is 2.26. The molecule has 0 fully saturated rings. The van der Waals surface area contributed by atoms with Crippen LogP contribution in [0.25, 0.3) is 0 Å². The Morgan fingerprint density at radius 2 is 2.13 bits per heavy atom. The fourth-order valence-corrected chi connectivity index (χ4v) is 3.79. The maximum atomic E-state index is 12.7. The van der Waals surface area contributed by atoms with Crippen LogP contribution in [0.5, 0.6) is 0 Å². The number of hydrogen-bond donors (Lipinski definition) is 1. The molecule has 1 unspecified atom stereocenters. The number of thioether (sulfide) groups is 1. The van der Waals surface area contributed by atoms with Crippen molar-refractivity contribution in [2.75, 3.05) is 6.54 Å². The van der Waals surface area contributed by atoms with Crippen LogP contribution in [0.3, 0.4) is 0 Å². The number of hydrogen-bond acceptors (Lipinski definition) is 4. The van der Waals surface area contributed by atoms with Gasteiger partial charge in [0.1, 0.15) is 0 Å². The van der Waals surface area contributed by atoms with Gasteiger partial charge in [0, 0.05) is 20.1 Å². The number of carbonyl (C=O) groups excluding carboxylic acids is 1. The van der Waals surface area contributed by atoms with Crippen LogP contribution >= 0.6 is 11.8 Å². The van der Waals surface area contributed by atoms with E-state index in [1.165, 1.54) is 22.9 Å². The third-order valence-corrected chi connectivity index (χ3v) is 5.42. The van der Waals surface area contributed by atoms with Crippen LogP contribution in [0.1, 0.15) is 23.7 Å². The molecular weight excluding hydrogens is 310 g/mol. The Morgan fingerprint density at radius 1 is 1.39 bits per heavy atom. The lowest BCUT2D eigenvalue weighted by atomic mass is 10.00. The maximum absolute atomic E-state index is 12.7. The third-order valence-electron chi connectivity index (χ3n) is 4.28. The molecule has 1 aliphatic heterocycles. The normalized spacial score (nSPS) is 15.3. The summed E-state index contributed by atoms with van der Waals surface area (Å²) in [5.41, 5.74) is 3.33. The summed E-state index contributed by atoms with van der Waals surface area (Å²) in [6.45, 7) is 3.32. The molecule has 0 radical (unpaired) electrons. The summed E-state index contributed by atoms with van der Waals surface area (Å²) in [5.74, 6) is 0.137. The molecule has 2 heterocycles. The van der Waals surface area contributed by atoms with Gasteiger partial charge < -0.3 is 14.6 Å². The van der Waals surface area contributed by atoms with Gasteiger partial charge in [0.15, 0.2) is 5.16 Å². The van der Waals surface area contributed by atoms with Crippen LogP contribution in [-0.4, -0.2) is 37.3 Å². The second kappa shape index (κ2) is 6.76. The summed E-state index contributed by atoms with van der Waals surface area (Å²) in [6, 6.07) is 8.31. The zero-order chi connectivity index (χ0) is 16.4. The first-order chi connectivity index (χ1) is 11.1. The van der Waals surface area contributed by atoms with Crippen molar-refractivity contribution in [3.63, 3.8) is 0 Å². The number of imidazole rings is 1. The van der Waals surface area contributed by atoms with Crippen LogP contribution in [0.4, 0.5) is 0 Å². The molecule has 0 bridgehead atoms. The van der Waals surface area contributed by atoms with Gasteiger partial charge in [0.05, 0.1) is 23.7 Å². The van der Waals surface area contributed by atoms with Crippen molar-refractivity contribution in [1.29, 1.82) is 0 Å².